The molecule has 0 saturated carbocycles. The predicted octanol–water partition coefficient (Wildman–Crippen LogP) is 3.23. The van der Waals surface area contributed by atoms with E-state index in [1.807, 2.05) is 0 Å². The van der Waals surface area contributed by atoms with E-state index in [4.69, 9.17) is 9.72 Å². The van der Waals surface area contributed by atoms with Crippen LogP contribution in [0.15, 0.2) is 21.7 Å². The van der Waals surface area contributed by atoms with E-state index in [-0.39, 0.29) is 35.6 Å². The van der Waals surface area contributed by atoms with Crippen LogP contribution in [-0.2, 0) is 24.9 Å². The topological polar surface area (TPSA) is 104 Å². The second-order valence-electron chi connectivity index (χ2n) is 9.70. The van der Waals surface area contributed by atoms with Crippen molar-refractivity contribution in [2.24, 2.45) is 7.05 Å². The van der Waals surface area contributed by atoms with E-state index in [0.29, 0.717) is 12.4 Å². The highest BCUT2D eigenvalue weighted by atomic mass is 19.1. The number of pyridine rings is 1. The number of aromatic nitrogens is 5. The monoisotopic (exact) mass is 538 g/mol. The lowest BCUT2D eigenvalue weighted by molar-refractivity contribution is 0.0495. The molecule has 1 fully saturated rings. The van der Waals surface area contributed by atoms with Crippen molar-refractivity contribution < 1.29 is 13.9 Å². The van der Waals surface area contributed by atoms with Crippen molar-refractivity contribution in [3.63, 3.8) is 0 Å². The lowest BCUT2D eigenvalue weighted by Crippen LogP contribution is -2.40. The molecule has 0 amide bonds. The maximum atomic E-state index is 14.2. The summed E-state index contributed by atoms with van der Waals surface area (Å²) in [7, 11) is 1.54. The van der Waals surface area contributed by atoms with Gasteiger partial charge in [-0.15, -0.1) is 5.92 Å². The van der Waals surface area contributed by atoms with Gasteiger partial charge in [0, 0.05) is 20.1 Å². The third kappa shape index (κ3) is 6.05. The number of rotatable bonds is 10. The van der Waals surface area contributed by atoms with Crippen molar-refractivity contribution in [2.45, 2.75) is 71.9 Å². The van der Waals surface area contributed by atoms with Crippen LogP contribution < -0.4 is 16.1 Å². The van der Waals surface area contributed by atoms with Crippen LogP contribution in [0.3, 0.4) is 0 Å². The molecule has 3 aromatic rings. The molecular weight excluding hydrogens is 503 g/mol. The highest BCUT2D eigenvalue weighted by Gasteiger charge is 2.25. The number of fused-ring (bicyclic) bond motifs is 1. The van der Waals surface area contributed by atoms with Crippen molar-refractivity contribution in [2.75, 3.05) is 24.6 Å². The minimum absolute atomic E-state index is 0.0142. The van der Waals surface area contributed by atoms with Crippen molar-refractivity contribution in [1.82, 2.24) is 23.7 Å². The number of halogens is 1. The second kappa shape index (κ2) is 12.7. The Hall–Kier alpha value is -3.94. The van der Waals surface area contributed by atoms with Gasteiger partial charge < -0.3 is 9.64 Å². The number of esters is 1. The number of nitrogens with zero attached hydrogens (tertiary/aromatic N) is 6. The van der Waals surface area contributed by atoms with E-state index in [1.54, 1.807) is 11.5 Å². The molecule has 4 rings (SSSR count). The average molecular weight is 539 g/mol. The summed E-state index contributed by atoms with van der Waals surface area (Å²) in [5, 5.41) is 0. The van der Waals surface area contributed by atoms with Gasteiger partial charge in [-0.1, -0.05) is 32.1 Å². The molecule has 4 heterocycles. The van der Waals surface area contributed by atoms with Gasteiger partial charge in [0.1, 0.15) is 0 Å². The molecule has 1 aliphatic heterocycles. The number of anilines is 1. The van der Waals surface area contributed by atoms with Crippen LogP contribution in [0.4, 0.5) is 10.3 Å². The Balaban J connectivity index is 1.77. The summed E-state index contributed by atoms with van der Waals surface area (Å²) in [6, 6.07) is 2.33. The predicted molar refractivity (Wildman–Crippen MR) is 146 cm³/mol. The smallest absolute Gasteiger partial charge is 0.340 e. The number of ether oxygens (including phenoxy) is 1. The highest BCUT2D eigenvalue weighted by molar-refractivity contribution is 5.90. The second-order valence-corrected chi connectivity index (χ2v) is 9.70. The summed E-state index contributed by atoms with van der Waals surface area (Å²) in [6.07, 6.45) is 6.88. The molecule has 0 N–H and O–H groups in total. The van der Waals surface area contributed by atoms with Crippen molar-refractivity contribution in [3.8, 4) is 11.8 Å². The maximum absolute atomic E-state index is 14.2. The van der Waals surface area contributed by atoms with Crippen LogP contribution in [0.5, 0.6) is 0 Å². The first-order valence-electron chi connectivity index (χ1n) is 13.5. The summed E-state index contributed by atoms with van der Waals surface area (Å²) in [5.74, 6) is 4.95. The number of carbonyl (C=O) groups is 1. The van der Waals surface area contributed by atoms with Crippen LogP contribution >= 0.6 is 0 Å². The van der Waals surface area contributed by atoms with Gasteiger partial charge in [0.05, 0.1) is 31.0 Å². The molecule has 0 aliphatic carbocycles. The Morgan fingerprint density at radius 1 is 1.08 bits per heavy atom. The van der Waals surface area contributed by atoms with Crippen LogP contribution in [-0.4, -0.2) is 49.3 Å². The molecule has 1 aliphatic rings. The molecule has 39 heavy (non-hydrogen) atoms. The number of piperidine rings is 1. The SMILES string of the molecule is CC#CCn1c(N2CCCCC2)nc2c1c(=O)n(Cc1nc(F)ccc1C(=O)OCCCCCC)c(=O)n2C. The fourth-order valence-corrected chi connectivity index (χ4v) is 4.85. The Bertz CT molecular complexity index is 1520. The van der Waals surface area contributed by atoms with Gasteiger partial charge >= 0.3 is 11.7 Å². The zero-order valence-electron chi connectivity index (χ0n) is 22.8. The van der Waals surface area contributed by atoms with Crippen molar-refractivity contribution >= 4 is 23.1 Å². The maximum Gasteiger partial charge on any atom is 0.340 e. The van der Waals surface area contributed by atoms with E-state index in [9.17, 15) is 18.8 Å². The molecule has 0 atom stereocenters. The Morgan fingerprint density at radius 2 is 1.85 bits per heavy atom. The first-order valence-corrected chi connectivity index (χ1v) is 13.5. The lowest BCUT2D eigenvalue weighted by Gasteiger charge is -2.27. The van der Waals surface area contributed by atoms with Gasteiger partial charge in [-0.3, -0.25) is 18.5 Å². The van der Waals surface area contributed by atoms with Crippen LogP contribution in [0.25, 0.3) is 11.2 Å². The first-order chi connectivity index (χ1) is 18.9. The third-order valence-electron chi connectivity index (χ3n) is 6.96. The third-order valence-corrected chi connectivity index (χ3v) is 6.96. The molecule has 0 radical (unpaired) electrons. The van der Waals surface area contributed by atoms with E-state index in [0.717, 1.165) is 62.2 Å². The van der Waals surface area contributed by atoms with Crippen LogP contribution in [0.1, 0.15) is 74.8 Å². The van der Waals surface area contributed by atoms with Crippen LogP contribution in [0, 0.1) is 17.8 Å². The zero-order chi connectivity index (χ0) is 27.9. The minimum Gasteiger partial charge on any atom is -0.462 e. The van der Waals surface area contributed by atoms with Gasteiger partial charge in [-0.05, 0) is 44.7 Å². The molecule has 1 saturated heterocycles. The van der Waals surface area contributed by atoms with E-state index >= 15 is 0 Å². The number of unbranched alkanes of at least 4 members (excludes halogenated alkanes) is 3. The fraction of sp³-hybridized carbons (Fsp3) is 0.536. The summed E-state index contributed by atoms with van der Waals surface area (Å²) in [5.41, 5.74) is -0.820. The molecular formula is C28H35FN6O4. The van der Waals surface area contributed by atoms with E-state index in [2.05, 4.69) is 28.6 Å². The summed E-state index contributed by atoms with van der Waals surface area (Å²) < 4.78 is 23.5. The van der Waals surface area contributed by atoms with E-state index in [1.165, 1.54) is 17.7 Å². The minimum atomic E-state index is -0.828. The highest BCUT2D eigenvalue weighted by Crippen LogP contribution is 2.23. The lowest BCUT2D eigenvalue weighted by atomic mass is 10.1. The summed E-state index contributed by atoms with van der Waals surface area (Å²) >= 11 is 0. The number of aryl methyl sites for hydroxylation is 1. The summed E-state index contributed by atoms with van der Waals surface area (Å²) in [6.45, 7) is 5.44. The number of carbonyl (C=O) groups excluding carboxylic acids is 1. The van der Waals surface area contributed by atoms with Gasteiger partial charge in [0.2, 0.25) is 11.9 Å². The molecule has 0 aromatic carbocycles. The largest absolute Gasteiger partial charge is 0.462 e. The Kier molecular flexibility index (Phi) is 9.17. The van der Waals surface area contributed by atoms with Gasteiger partial charge in [0.15, 0.2) is 11.2 Å². The fourth-order valence-electron chi connectivity index (χ4n) is 4.85. The van der Waals surface area contributed by atoms with Crippen molar-refractivity contribution in [3.05, 3.63) is 50.2 Å². The van der Waals surface area contributed by atoms with Gasteiger partial charge in [-0.25, -0.2) is 14.6 Å². The molecule has 0 unspecified atom stereocenters. The molecule has 208 valence electrons. The number of hydrogen-bond donors (Lipinski definition) is 0. The standard InChI is InChI=1S/C28H35FN6O4/c1-4-6-8-12-18-39-26(37)20-13-14-22(29)30-21(20)19-35-25(36)23-24(32(3)28(35)38)31-27(34(23)17-7-5-2)33-15-10-9-11-16-33/h13-14H,4,6,8-12,15-19H2,1-3H3. The Labute approximate surface area is 226 Å². The number of hydrogen-bond acceptors (Lipinski definition) is 7. The van der Waals surface area contributed by atoms with Gasteiger partial charge in [-0.2, -0.15) is 9.37 Å². The normalized spacial score (nSPS) is 13.4. The first kappa shape index (κ1) is 28.1. The molecule has 10 nitrogen and oxygen atoms in total. The zero-order valence-corrected chi connectivity index (χ0v) is 22.8. The molecule has 0 bridgehead atoms. The molecule has 3 aromatic heterocycles. The van der Waals surface area contributed by atoms with Gasteiger partial charge in [0.25, 0.3) is 5.56 Å². The Morgan fingerprint density at radius 3 is 2.56 bits per heavy atom. The van der Waals surface area contributed by atoms with Crippen molar-refractivity contribution in [1.29, 1.82) is 0 Å². The summed E-state index contributed by atoms with van der Waals surface area (Å²) in [4.78, 5) is 50.6. The molecule has 11 heteroatoms. The molecule has 0 spiro atoms. The quantitative estimate of drug-likeness (QED) is 0.169. The van der Waals surface area contributed by atoms with E-state index < -0.39 is 29.7 Å². The average Bonchev–Trinajstić information content (AvgIpc) is 3.33. The number of imidazole rings is 1. The van der Waals surface area contributed by atoms with Crippen LogP contribution in [0.2, 0.25) is 0 Å².